The van der Waals surface area contributed by atoms with E-state index in [1.54, 1.807) is 37.4 Å². The summed E-state index contributed by atoms with van der Waals surface area (Å²) in [6, 6.07) is 14.3. The van der Waals surface area contributed by atoms with Gasteiger partial charge in [0.25, 0.3) is 0 Å². The molecule has 0 spiro atoms. The Kier molecular flexibility index (Phi) is 6.01. The van der Waals surface area contributed by atoms with Crippen LogP contribution in [0.5, 0.6) is 5.75 Å². The highest BCUT2D eigenvalue weighted by Crippen LogP contribution is 2.18. The maximum absolute atomic E-state index is 12.2. The fourth-order valence-corrected chi connectivity index (χ4v) is 3.28. The first-order valence-corrected chi connectivity index (χ1v) is 8.91. The Morgan fingerprint density at radius 2 is 1.78 bits per heavy atom. The lowest BCUT2D eigenvalue weighted by atomic mass is 10.2. The van der Waals surface area contributed by atoms with E-state index in [-0.39, 0.29) is 5.75 Å². The van der Waals surface area contributed by atoms with E-state index in [9.17, 15) is 8.42 Å². The summed E-state index contributed by atoms with van der Waals surface area (Å²) in [7, 11) is -1.84. The summed E-state index contributed by atoms with van der Waals surface area (Å²) in [6.45, 7) is 2.89. The average molecular weight is 335 g/mol. The number of hydrogen-bond donors (Lipinski definition) is 1. The van der Waals surface area contributed by atoms with E-state index in [2.05, 4.69) is 4.72 Å². The summed E-state index contributed by atoms with van der Waals surface area (Å²) < 4.78 is 37.3. The summed E-state index contributed by atoms with van der Waals surface area (Å²) >= 11 is 0. The summed E-state index contributed by atoms with van der Waals surface area (Å²) in [4.78, 5) is 0. The lowest BCUT2D eigenvalue weighted by molar-refractivity contribution is 0.146. The second-order valence-electron chi connectivity index (χ2n) is 5.22. The SMILES string of the molecule is COCCOc1ccc(NS(=O)(=O)Cc2cccc(C)c2)cc1. The van der Waals surface area contributed by atoms with Crippen LogP contribution in [0.3, 0.4) is 0 Å². The Bertz CT molecular complexity index is 727. The number of ether oxygens (including phenoxy) is 2. The predicted octanol–water partition coefficient (Wildman–Crippen LogP) is 2.96. The lowest BCUT2D eigenvalue weighted by Crippen LogP contribution is -2.15. The maximum Gasteiger partial charge on any atom is 0.236 e. The van der Waals surface area contributed by atoms with Crippen molar-refractivity contribution in [2.75, 3.05) is 25.0 Å². The molecule has 0 unspecified atom stereocenters. The molecule has 0 aromatic heterocycles. The van der Waals surface area contributed by atoms with Crippen molar-refractivity contribution in [1.29, 1.82) is 0 Å². The minimum Gasteiger partial charge on any atom is -0.491 e. The molecule has 0 bridgehead atoms. The van der Waals surface area contributed by atoms with Gasteiger partial charge >= 0.3 is 0 Å². The minimum absolute atomic E-state index is 0.0548. The van der Waals surface area contributed by atoms with Gasteiger partial charge in [0.05, 0.1) is 12.4 Å². The quantitative estimate of drug-likeness (QED) is 0.753. The van der Waals surface area contributed by atoms with Crippen LogP contribution < -0.4 is 9.46 Å². The fourth-order valence-electron chi connectivity index (χ4n) is 2.10. The Morgan fingerprint density at radius 1 is 1.04 bits per heavy atom. The zero-order chi connectivity index (χ0) is 16.7. The second-order valence-corrected chi connectivity index (χ2v) is 6.94. The van der Waals surface area contributed by atoms with Gasteiger partial charge in [-0.25, -0.2) is 8.42 Å². The molecular weight excluding hydrogens is 314 g/mol. The smallest absolute Gasteiger partial charge is 0.236 e. The molecule has 2 aromatic carbocycles. The van der Waals surface area contributed by atoms with Gasteiger partial charge in [0.1, 0.15) is 12.4 Å². The van der Waals surface area contributed by atoms with Gasteiger partial charge in [0.15, 0.2) is 0 Å². The van der Waals surface area contributed by atoms with E-state index in [0.717, 1.165) is 11.1 Å². The van der Waals surface area contributed by atoms with Crippen LogP contribution in [0, 0.1) is 6.92 Å². The Hall–Kier alpha value is -2.05. The number of nitrogens with one attached hydrogen (secondary N) is 1. The van der Waals surface area contributed by atoms with Crippen molar-refractivity contribution in [3.05, 3.63) is 59.7 Å². The third-order valence-corrected chi connectivity index (χ3v) is 4.38. The van der Waals surface area contributed by atoms with E-state index in [1.807, 2.05) is 25.1 Å². The van der Waals surface area contributed by atoms with Crippen molar-refractivity contribution < 1.29 is 17.9 Å². The molecule has 0 heterocycles. The average Bonchev–Trinajstić information content (AvgIpc) is 2.48. The van der Waals surface area contributed by atoms with Crippen LogP contribution in [0.25, 0.3) is 0 Å². The molecule has 124 valence electrons. The largest absolute Gasteiger partial charge is 0.491 e. The molecule has 0 aliphatic rings. The molecule has 0 saturated heterocycles. The van der Waals surface area contributed by atoms with Crippen LogP contribution in [0.2, 0.25) is 0 Å². The zero-order valence-electron chi connectivity index (χ0n) is 13.3. The van der Waals surface area contributed by atoms with E-state index in [0.29, 0.717) is 24.7 Å². The molecule has 0 aliphatic carbocycles. The Balaban J connectivity index is 1.97. The van der Waals surface area contributed by atoms with Crippen molar-refractivity contribution in [2.24, 2.45) is 0 Å². The van der Waals surface area contributed by atoms with Crippen molar-refractivity contribution >= 4 is 15.7 Å². The molecule has 0 radical (unpaired) electrons. The van der Waals surface area contributed by atoms with Crippen LogP contribution >= 0.6 is 0 Å². The van der Waals surface area contributed by atoms with Crippen LogP contribution in [0.15, 0.2) is 48.5 Å². The normalized spacial score (nSPS) is 11.2. The molecule has 5 nitrogen and oxygen atoms in total. The van der Waals surface area contributed by atoms with Gasteiger partial charge in [-0.05, 0) is 36.8 Å². The van der Waals surface area contributed by atoms with Crippen LogP contribution in [-0.2, 0) is 20.5 Å². The molecule has 6 heteroatoms. The van der Waals surface area contributed by atoms with Crippen LogP contribution in [0.4, 0.5) is 5.69 Å². The summed E-state index contributed by atoms with van der Waals surface area (Å²) in [5, 5.41) is 0. The summed E-state index contributed by atoms with van der Waals surface area (Å²) in [6.07, 6.45) is 0. The number of sulfonamides is 1. The Labute approximate surface area is 137 Å². The molecule has 0 fully saturated rings. The highest BCUT2D eigenvalue weighted by atomic mass is 32.2. The fraction of sp³-hybridized carbons (Fsp3) is 0.294. The van der Waals surface area contributed by atoms with Gasteiger partial charge in [-0.2, -0.15) is 0 Å². The topological polar surface area (TPSA) is 64.6 Å². The third kappa shape index (κ3) is 5.92. The van der Waals surface area contributed by atoms with Crippen LogP contribution in [0.1, 0.15) is 11.1 Å². The van der Waals surface area contributed by atoms with Gasteiger partial charge in [-0.15, -0.1) is 0 Å². The van der Waals surface area contributed by atoms with Crippen LogP contribution in [-0.4, -0.2) is 28.7 Å². The molecule has 2 rings (SSSR count). The molecule has 2 aromatic rings. The molecular formula is C17H21NO4S. The number of rotatable bonds is 8. The van der Waals surface area contributed by atoms with Gasteiger partial charge in [-0.1, -0.05) is 29.8 Å². The first-order chi connectivity index (χ1) is 11.0. The first kappa shape index (κ1) is 17.3. The van der Waals surface area contributed by atoms with E-state index < -0.39 is 10.0 Å². The molecule has 0 amide bonds. The number of hydrogen-bond acceptors (Lipinski definition) is 4. The van der Waals surface area contributed by atoms with Gasteiger partial charge in [0, 0.05) is 12.8 Å². The monoisotopic (exact) mass is 335 g/mol. The summed E-state index contributed by atoms with van der Waals surface area (Å²) in [5.74, 6) is 0.615. The van der Waals surface area contributed by atoms with Gasteiger partial charge in [-0.3, -0.25) is 4.72 Å². The zero-order valence-corrected chi connectivity index (χ0v) is 14.1. The van der Waals surface area contributed by atoms with Gasteiger partial charge < -0.3 is 9.47 Å². The van der Waals surface area contributed by atoms with E-state index in [4.69, 9.17) is 9.47 Å². The van der Waals surface area contributed by atoms with E-state index >= 15 is 0 Å². The molecule has 0 aliphatic heterocycles. The molecule has 23 heavy (non-hydrogen) atoms. The number of methoxy groups -OCH3 is 1. The van der Waals surface area contributed by atoms with Crippen molar-refractivity contribution in [1.82, 2.24) is 0 Å². The summed E-state index contributed by atoms with van der Waals surface area (Å²) in [5.41, 5.74) is 2.31. The maximum atomic E-state index is 12.2. The van der Waals surface area contributed by atoms with E-state index in [1.165, 1.54) is 0 Å². The minimum atomic E-state index is -3.45. The first-order valence-electron chi connectivity index (χ1n) is 7.26. The number of aryl methyl sites for hydroxylation is 1. The molecule has 0 saturated carbocycles. The molecule has 1 N–H and O–H groups in total. The standard InChI is InChI=1S/C17H21NO4S/c1-14-4-3-5-15(12-14)13-23(19,20)18-16-6-8-17(9-7-16)22-11-10-21-2/h3-9,12,18H,10-11,13H2,1-2H3. The highest BCUT2D eigenvalue weighted by molar-refractivity contribution is 7.91. The number of anilines is 1. The lowest BCUT2D eigenvalue weighted by Gasteiger charge is -2.10. The molecule has 0 atom stereocenters. The Morgan fingerprint density at radius 3 is 2.43 bits per heavy atom. The second kappa shape index (κ2) is 7.99. The third-order valence-electron chi connectivity index (χ3n) is 3.12. The number of benzene rings is 2. The van der Waals surface area contributed by atoms with Gasteiger partial charge in [0.2, 0.25) is 10.0 Å². The van der Waals surface area contributed by atoms with Crippen molar-refractivity contribution in [3.63, 3.8) is 0 Å². The van der Waals surface area contributed by atoms with Crippen molar-refractivity contribution in [3.8, 4) is 5.75 Å². The highest BCUT2D eigenvalue weighted by Gasteiger charge is 2.12. The van der Waals surface area contributed by atoms with Crippen molar-refractivity contribution in [2.45, 2.75) is 12.7 Å². The predicted molar refractivity (Wildman–Crippen MR) is 91.2 cm³/mol.